The second kappa shape index (κ2) is 11.7. The molecule has 2 aliphatic rings. The Morgan fingerprint density at radius 2 is 1.93 bits per heavy atom. The van der Waals surface area contributed by atoms with Crippen molar-refractivity contribution in [3.8, 4) is 11.8 Å². The molecule has 226 valence electrons. The molecule has 2 aromatic carbocycles. The largest absolute Gasteiger partial charge is 0.360 e. The molecule has 0 aliphatic carbocycles. The van der Waals surface area contributed by atoms with E-state index in [-0.39, 0.29) is 23.8 Å². The van der Waals surface area contributed by atoms with Crippen molar-refractivity contribution < 1.29 is 14.4 Å². The zero-order chi connectivity index (χ0) is 31.1. The van der Waals surface area contributed by atoms with Crippen molar-refractivity contribution in [1.29, 1.82) is 0 Å². The number of aromatic amines is 1. The number of nitrogens with one attached hydrogen (secondary N) is 2. The van der Waals surface area contributed by atoms with Gasteiger partial charge in [-0.15, -0.1) is 0 Å². The fourth-order valence-corrected chi connectivity index (χ4v) is 6.38. The number of urea groups is 1. The molecule has 0 spiro atoms. The fourth-order valence-electron chi connectivity index (χ4n) is 6.15. The van der Waals surface area contributed by atoms with Crippen LogP contribution in [0.3, 0.4) is 0 Å². The van der Waals surface area contributed by atoms with Crippen molar-refractivity contribution in [2.75, 3.05) is 19.6 Å². The normalized spacial score (nSPS) is 17.2. The SMILES string of the molecule is Cc1ccc(C(=O)N2CCC(CN3C(=O)NC(Cc4c[nH]c5c(Cl)cccc45)C3=O)CC2)cc1C#Cc1cnc2cccnn12. The highest BCUT2D eigenvalue weighted by atomic mass is 35.5. The topological polar surface area (TPSA) is 116 Å². The van der Waals surface area contributed by atoms with Crippen LogP contribution in [0, 0.1) is 24.7 Å². The number of imide groups is 1. The first kappa shape index (κ1) is 28.6. The van der Waals surface area contributed by atoms with Crippen LogP contribution in [0.4, 0.5) is 4.79 Å². The summed E-state index contributed by atoms with van der Waals surface area (Å²) in [4.78, 5) is 50.2. The molecule has 10 nitrogen and oxygen atoms in total. The van der Waals surface area contributed by atoms with Crippen LogP contribution in [0.1, 0.15) is 45.6 Å². The van der Waals surface area contributed by atoms with E-state index in [4.69, 9.17) is 11.6 Å². The highest BCUT2D eigenvalue weighted by Crippen LogP contribution is 2.28. The molecule has 11 heteroatoms. The molecule has 2 aliphatic heterocycles. The summed E-state index contributed by atoms with van der Waals surface area (Å²) in [5.74, 6) is 6.16. The van der Waals surface area contributed by atoms with E-state index < -0.39 is 6.04 Å². The monoisotopic (exact) mass is 619 g/mol. The van der Waals surface area contributed by atoms with Gasteiger partial charge in [0, 0.05) is 55.0 Å². The lowest BCUT2D eigenvalue weighted by Gasteiger charge is -2.33. The summed E-state index contributed by atoms with van der Waals surface area (Å²) in [6.45, 7) is 3.41. The summed E-state index contributed by atoms with van der Waals surface area (Å²) in [7, 11) is 0. The van der Waals surface area contributed by atoms with Crippen LogP contribution >= 0.6 is 11.6 Å². The van der Waals surface area contributed by atoms with Gasteiger partial charge < -0.3 is 15.2 Å². The molecule has 0 saturated carbocycles. The highest BCUT2D eigenvalue weighted by Gasteiger charge is 2.40. The molecule has 4 amide bonds. The number of hydrogen-bond donors (Lipinski definition) is 2. The maximum absolute atomic E-state index is 13.4. The van der Waals surface area contributed by atoms with Crippen molar-refractivity contribution in [2.45, 2.75) is 32.2 Å². The van der Waals surface area contributed by atoms with Gasteiger partial charge in [-0.2, -0.15) is 5.10 Å². The van der Waals surface area contributed by atoms with Crippen LogP contribution in [0.15, 0.2) is 67.1 Å². The molecule has 0 bridgehead atoms. The zero-order valence-electron chi connectivity index (χ0n) is 24.6. The van der Waals surface area contributed by atoms with E-state index in [1.165, 1.54) is 4.90 Å². The third kappa shape index (κ3) is 5.51. The number of likely N-dealkylation sites (tertiary alicyclic amines) is 1. The predicted octanol–water partition coefficient (Wildman–Crippen LogP) is 4.59. The second-order valence-electron chi connectivity index (χ2n) is 11.6. The Labute approximate surface area is 264 Å². The van der Waals surface area contributed by atoms with Crippen LogP contribution < -0.4 is 5.32 Å². The lowest BCUT2D eigenvalue weighted by Crippen LogP contribution is -2.43. The Hall–Kier alpha value is -5.14. The van der Waals surface area contributed by atoms with Crippen LogP contribution in [0.2, 0.25) is 5.02 Å². The van der Waals surface area contributed by atoms with Crippen molar-refractivity contribution in [3.63, 3.8) is 0 Å². The number of piperidine rings is 1. The lowest BCUT2D eigenvalue weighted by molar-refractivity contribution is -0.128. The van der Waals surface area contributed by atoms with E-state index in [9.17, 15) is 14.4 Å². The third-order valence-corrected chi connectivity index (χ3v) is 9.03. The summed E-state index contributed by atoms with van der Waals surface area (Å²) >= 11 is 6.28. The molecule has 2 N–H and O–H groups in total. The number of hydrogen-bond acceptors (Lipinski definition) is 5. The number of para-hydroxylation sites is 1. The number of carbonyl (C=O) groups excluding carboxylic acids is 3. The minimum Gasteiger partial charge on any atom is -0.360 e. The Kier molecular flexibility index (Phi) is 7.47. The number of H-pyrrole nitrogens is 1. The first-order valence-corrected chi connectivity index (χ1v) is 15.3. The molecule has 0 radical (unpaired) electrons. The summed E-state index contributed by atoms with van der Waals surface area (Å²) in [5.41, 5.74) is 5.46. The number of fused-ring (bicyclic) bond motifs is 2. The number of amides is 4. The molecule has 2 fully saturated rings. The van der Waals surface area contributed by atoms with E-state index in [1.807, 2.05) is 66.6 Å². The number of halogens is 1. The number of nitrogens with zero attached hydrogens (tertiary/aromatic N) is 5. The Bertz CT molecular complexity index is 2030. The van der Waals surface area contributed by atoms with E-state index in [0.717, 1.165) is 33.2 Å². The second-order valence-corrected chi connectivity index (χ2v) is 12.0. The van der Waals surface area contributed by atoms with Crippen molar-refractivity contribution in [2.24, 2.45) is 5.92 Å². The number of aromatic nitrogens is 4. The van der Waals surface area contributed by atoms with Gasteiger partial charge in [0.25, 0.3) is 11.8 Å². The van der Waals surface area contributed by atoms with Gasteiger partial charge in [0.1, 0.15) is 11.7 Å². The number of benzene rings is 2. The molecule has 1 unspecified atom stereocenters. The quantitative estimate of drug-likeness (QED) is 0.221. The standard InChI is InChI=1S/C34H30ClN7O3/c1-21-7-8-24(16-23(21)9-10-26-19-36-30-6-3-13-38-42(26)30)32(43)40-14-11-22(12-15-40)20-41-33(44)29(39-34(41)45)17-25-18-37-31-27(25)4-2-5-28(31)35/h2-8,13,16,18-19,22,29,37H,11-12,14-15,17,20H2,1H3,(H,39,45). The van der Waals surface area contributed by atoms with E-state index in [1.54, 1.807) is 16.9 Å². The average Bonchev–Trinajstić information content (AvgIpc) is 3.74. The van der Waals surface area contributed by atoms with Gasteiger partial charge in [0.2, 0.25) is 0 Å². The van der Waals surface area contributed by atoms with E-state index in [2.05, 4.69) is 32.2 Å². The lowest BCUT2D eigenvalue weighted by atomic mass is 9.95. The first-order chi connectivity index (χ1) is 21.9. The van der Waals surface area contributed by atoms with Gasteiger partial charge in [0.15, 0.2) is 5.65 Å². The van der Waals surface area contributed by atoms with Gasteiger partial charge in [0.05, 0.1) is 16.7 Å². The summed E-state index contributed by atoms with van der Waals surface area (Å²) in [6.07, 6.45) is 7.00. The molecule has 5 heterocycles. The van der Waals surface area contributed by atoms with E-state index in [0.29, 0.717) is 55.2 Å². The van der Waals surface area contributed by atoms with Crippen LogP contribution in [0.25, 0.3) is 16.6 Å². The Morgan fingerprint density at radius 1 is 1.09 bits per heavy atom. The number of imidazole rings is 1. The number of carbonyl (C=O) groups is 3. The van der Waals surface area contributed by atoms with E-state index >= 15 is 0 Å². The summed E-state index contributed by atoms with van der Waals surface area (Å²) in [5, 5.41) is 8.71. The van der Waals surface area contributed by atoms with Gasteiger partial charge >= 0.3 is 6.03 Å². The molecule has 2 saturated heterocycles. The highest BCUT2D eigenvalue weighted by molar-refractivity contribution is 6.35. The molecule has 45 heavy (non-hydrogen) atoms. The van der Waals surface area contributed by atoms with Crippen LogP contribution in [0.5, 0.6) is 0 Å². The van der Waals surface area contributed by atoms with Gasteiger partial charge in [-0.25, -0.2) is 14.3 Å². The van der Waals surface area contributed by atoms with Crippen molar-refractivity contribution in [1.82, 2.24) is 34.7 Å². The van der Waals surface area contributed by atoms with Crippen molar-refractivity contribution in [3.05, 3.63) is 100 Å². The predicted molar refractivity (Wildman–Crippen MR) is 170 cm³/mol. The third-order valence-electron chi connectivity index (χ3n) is 8.71. The maximum Gasteiger partial charge on any atom is 0.324 e. The smallest absolute Gasteiger partial charge is 0.324 e. The minimum atomic E-state index is -0.625. The van der Waals surface area contributed by atoms with Gasteiger partial charge in [-0.1, -0.05) is 35.7 Å². The zero-order valence-corrected chi connectivity index (χ0v) is 25.3. The number of aryl methyl sites for hydroxylation is 1. The average molecular weight is 620 g/mol. The number of rotatable bonds is 5. The maximum atomic E-state index is 13.4. The molecular formula is C34H30ClN7O3. The molecular weight excluding hydrogens is 590 g/mol. The Balaban J connectivity index is 0.967. The molecule has 7 rings (SSSR count). The van der Waals surface area contributed by atoms with Crippen LogP contribution in [-0.4, -0.2) is 72.9 Å². The van der Waals surface area contributed by atoms with Gasteiger partial charge in [-0.3, -0.25) is 14.5 Å². The molecule has 1 atom stereocenters. The molecule has 3 aromatic heterocycles. The van der Waals surface area contributed by atoms with Gasteiger partial charge in [-0.05, 0) is 73.1 Å². The first-order valence-electron chi connectivity index (χ1n) is 14.9. The minimum absolute atomic E-state index is 0.0538. The summed E-state index contributed by atoms with van der Waals surface area (Å²) < 4.78 is 1.68. The Morgan fingerprint density at radius 3 is 2.78 bits per heavy atom. The summed E-state index contributed by atoms with van der Waals surface area (Å²) in [6, 6.07) is 13.9. The fraction of sp³-hybridized carbons (Fsp3) is 0.265. The molecule has 5 aromatic rings. The van der Waals surface area contributed by atoms with Crippen LogP contribution in [-0.2, 0) is 11.2 Å². The van der Waals surface area contributed by atoms with Crippen molar-refractivity contribution >= 4 is 46.0 Å².